The zero-order valence-electron chi connectivity index (χ0n) is 7.77. The van der Waals surface area contributed by atoms with E-state index in [4.69, 9.17) is 14.7 Å². The van der Waals surface area contributed by atoms with Gasteiger partial charge in [0.1, 0.15) is 6.61 Å². The van der Waals surface area contributed by atoms with Crippen LogP contribution in [-0.2, 0) is 4.79 Å². The first kappa shape index (κ1) is 9.34. The number of ether oxygens (including phenoxy) is 2. The van der Waals surface area contributed by atoms with E-state index in [0.29, 0.717) is 11.5 Å². The van der Waals surface area contributed by atoms with Gasteiger partial charge < -0.3 is 9.47 Å². The molecule has 0 radical (unpaired) electrons. The molecule has 0 bridgehead atoms. The van der Waals surface area contributed by atoms with Crippen molar-refractivity contribution in [3.05, 3.63) is 24.3 Å². The predicted molar refractivity (Wildman–Crippen MR) is 50.1 cm³/mol. The van der Waals surface area contributed by atoms with E-state index in [0.717, 1.165) is 0 Å². The van der Waals surface area contributed by atoms with Gasteiger partial charge in [-0.3, -0.25) is 10.1 Å². The smallest absolute Gasteiger partial charge is 0.277 e. The Morgan fingerprint density at radius 2 is 2.20 bits per heavy atom. The maximum absolute atomic E-state index is 11.3. The lowest BCUT2D eigenvalue weighted by molar-refractivity contribution is -0.129. The number of carbonyl (C=O) groups excluding carboxylic acids is 1. The minimum atomic E-state index is -0.764. The molecule has 5 heteroatoms. The third-order valence-corrected chi connectivity index (χ3v) is 1.98. The van der Waals surface area contributed by atoms with Crippen molar-refractivity contribution in [1.82, 2.24) is 5.32 Å². The number of fused-ring (bicyclic) bond motifs is 1. The van der Waals surface area contributed by atoms with Crippen LogP contribution in [0.15, 0.2) is 24.3 Å². The molecule has 1 atom stereocenters. The highest BCUT2D eigenvalue weighted by molar-refractivity contribution is 5.83. The zero-order valence-corrected chi connectivity index (χ0v) is 7.77. The Kier molecular flexibility index (Phi) is 2.42. The summed E-state index contributed by atoms with van der Waals surface area (Å²) in [4.78, 5) is 11.3. The lowest BCUT2D eigenvalue weighted by Crippen LogP contribution is -2.42. The lowest BCUT2D eigenvalue weighted by atomic mass is 10.2. The molecule has 5 nitrogen and oxygen atoms in total. The second kappa shape index (κ2) is 3.88. The van der Waals surface area contributed by atoms with Gasteiger partial charge >= 0.3 is 0 Å². The van der Waals surface area contributed by atoms with Gasteiger partial charge in [-0.2, -0.15) is 5.26 Å². The fourth-order valence-corrected chi connectivity index (χ4v) is 1.28. The van der Waals surface area contributed by atoms with Crippen LogP contribution in [-0.4, -0.2) is 18.6 Å². The van der Waals surface area contributed by atoms with Gasteiger partial charge in [0.15, 0.2) is 17.7 Å². The molecular formula is C10H8N2O3. The number of rotatable bonds is 1. The SMILES string of the molecule is N#CNC(=O)C1COc2ccccc2O1. The van der Waals surface area contributed by atoms with Crippen LogP contribution in [0.4, 0.5) is 0 Å². The van der Waals surface area contributed by atoms with E-state index in [2.05, 4.69) is 0 Å². The molecule has 1 heterocycles. The highest BCUT2D eigenvalue weighted by Gasteiger charge is 2.26. The minimum absolute atomic E-state index is 0.116. The summed E-state index contributed by atoms with van der Waals surface area (Å²) in [6, 6.07) is 7.07. The second-order valence-electron chi connectivity index (χ2n) is 2.97. The van der Waals surface area contributed by atoms with Crippen molar-refractivity contribution in [2.75, 3.05) is 6.61 Å². The van der Waals surface area contributed by atoms with Crippen LogP contribution in [0.2, 0.25) is 0 Å². The molecule has 0 spiro atoms. The summed E-state index contributed by atoms with van der Waals surface area (Å²) in [5, 5.41) is 10.3. The summed E-state index contributed by atoms with van der Waals surface area (Å²) < 4.78 is 10.7. The lowest BCUT2D eigenvalue weighted by Gasteiger charge is -2.24. The van der Waals surface area contributed by atoms with Gasteiger partial charge in [0.05, 0.1) is 0 Å². The van der Waals surface area contributed by atoms with E-state index in [-0.39, 0.29) is 6.61 Å². The number of benzene rings is 1. The average Bonchev–Trinajstić information content (AvgIpc) is 2.29. The van der Waals surface area contributed by atoms with Crippen LogP contribution in [0, 0.1) is 11.5 Å². The Balaban J connectivity index is 2.12. The number of amides is 1. The summed E-state index contributed by atoms with van der Waals surface area (Å²) in [7, 11) is 0. The van der Waals surface area contributed by atoms with E-state index in [1.165, 1.54) is 0 Å². The summed E-state index contributed by atoms with van der Waals surface area (Å²) in [5.74, 6) is 0.632. The van der Waals surface area contributed by atoms with Crippen LogP contribution in [0.1, 0.15) is 0 Å². The standard InChI is InChI=1S/C10H8N2O3/c11-6-12-10(13)9-5-14-7-3-1-2-4-8(7)15-9/h1-4,9H,5H2,(H,12,13). The minimum Gasteiger partial charge on any atom is -0.485 e. The van der Waals surface area contributed by atoms with Gasteiger partial charge in [-0.15, -0.1) is 0 Å². The Labute approximate surface area is 86.2 Å². The molecule has 0 aliphatic carbocycles. The van der Waals surface area contributed by atoms with Crippen LogP contribution in [0.25, 0.3) is 0 Å². The molecule has 1 aromatic carbocycles. The Hall–Kier alpha value is -2.22. The quantitative estimate of drug-likeness (QED) is 0.531. The number of hydrogen-bond acceptors (Lipinski definition) is 4. The summed E-state index contributed by atoms with van der Waals surface area (Å²) in [6.07, 6.45) is 0.789. The first-order valence-corrected chi connectivity index (χ1v) is 4.38. The van der Waals surface area contributed by atoms with E-state index in [1.807, 2.05) is 11.4 Å². The highest BCUT2D eigenvalue weighted by atomic mass is 16.6. The van der Waals surface area contributed by atoms with Gasteiger partial charge in [-0.25, -0.2) is 0 Å². The number of hydrogen-bond donors (Lipinski definition) is 1. The predicted octanol–water partition coefficient (Wildman–Crippen LogP) is 0.424. The van der Waals surface area contributed by atoms with E-state index < -0.39 is 12.0 Å². The maximum atomic E-state index is 11.3. The molecular weight excluding hydrogens is 196 g/mol. The highest BCUT2D eigenvalue weighted by Crippen LogP contribution is 2.30. The molecule has 0 saturated heterocycles. The fraction of sp³-hybridized carbons (Fsp3) is 0.200. The van der Waals surface area contributed by atoms with Crippen LogP contribution < -0.4 is 14.8 Å². The van der Waals surface area contributed by atoms with Crippen LogP contribution in [0.3, 0.4) is 0 Å². The number of carbonyl (C=O) groups is 1. The third kappa shape index (κ3) is 1.83. The van der Waals surface area contributed by atoms with Crippen molar-refractivity contribution >= 4 is 5.91 Å². The van der Waals surface area contributed by atoms with Crippen molar-refractivity contribution in [3.8, 4) is 17.7 Å². The Bertz CT molecular complexity index is 425. The number of para-hydroxylation sites is 2. The fourth-order valence-electron chi connectivity index (χ4n) is 1.28. The van der Waals surface area contributed by atoms with Crippen LogP contribution in [0.5, 0.6) is 11.5 Å². The van der Waals surface area contributed by atoms with Crippen molar-refractivity contribution < 1.29 is 14.3 Å². The van der Waals surface area contributed by atoms with Gasteiger partial charge in [0, 0.05) is 0 Å². The molecule has 1 unspecified atom stereocenters. The molecule has 1 aromatic rings. The topological polar surface area (TPSA) is 71.4 Å². The summed E-state index contributed by atoms with van der Waals surface area (Å²) >= 11 is 0. The number of nitrogens with zero attached hydrogens (tertiary/aromatic N) is 1. The molecule has 2 rings (SSSR count). The molecule has 0 saturated carbocycles. The largest absolute Gasteiger partial charge is 0.485 e. The molecule has 1 aliphatic heterocycles. The van der Waals surface area contributed by atoms with E-state index >= 15 is 0 Å². The van der Waals surface area contributed by atoms with Gasteiger partial charge in [0.2, 0.25) is 6.10 Å². The average molecular weight is 204 g/mol. The first-order chi connectivity index (χ1) is 7.31. The number of nitriles is 1. The maximum Gasteiger partial charge on any atom is 0.277 e. The van der Waals surface area contributed by atoms with Crippen LogP contribution >= 0.6 is 0 Å². The van der Waals surface area contributed by atoms with Gasteiger partial charge in [-0.05, 0) is 12.1 Å². The van der Waals surface area contributed by atoms with Crippen molar-refractivity contribution in [1.29, 1.82) is 5.26 Å². The third-order valence-electron chi connectivity index (χ3n) is 1.98. The zero-order chi connectivity index (χ0) is 10.7. The number of nitrogens with one attached hydrogen (secondary N) is 1. The Morgan fingerprint density at radius 3 is 2.93 bits per heavy atom. The summed E-state index contributed by atoms with van der Waals surface area (Å²) in [5.41, 5.74) is 0. The van der Waals surface area contributed by atoms with Crippen molar-refractivity contribution in [2.24, 2.45) is 0 Å². The monoisotopic (exact) mass is 204 g/mol. The normalized spacial score (nSPS) is 17.7. The van der Waals surface area contributed by atoms with E-state index in [9.17, 15) is 4.79 Å². The van der Waals surface area contributed by atoms with Crippen molar-refractivity contribution in [3.63, 3.8) is 0 Å². The first-order valence-electron chi connectivity index (χ1n) is 4.38. The molecule has 15 heavy (non-hydrogen) atoms. The van der Waals surface area contributed by atoms with Gasteiger partial charge in [-0.1, -0.05) is 12.1 Å². The summed E-state index contributed by atoms with van der Waals surface area (Å²) in [6.45, 7) is 0.116. The Morgan fingerprint density at radius 1 is 1.47 bits per heavy atom. The second-order valence-corrected chi connectivity index (χ2v) is 2.97. The molecule has 1 N–H and O–H groups in total. The van der Waals surface area contributed by atoms with E-state index in [1.54, 1.807) is 24.4 Å². The van der Waals surface area contributed by atoms with Crippen molar-refractivity contribution in [2.45, 2.75) is 6.10 Å². The van der Waals surface area contributed by atoms with Gasteiger partial charge in [0.25, 0.3) is 5.91 Å². The molecule has 0 fully saturated rings. The molecule has 76 valence electrons. The molecule has 1 aliphatic rings. The molecule has 1 amide bonds. The molecule has 0 aromatic heterocycles.